The van der Waals surface area contributed by atoms with E-state index in [1.807, 2.05) is 84.2 Å². The third-order valence-electron chi connectivity index (χ3n) is 7.76. The van der Waals surface area contributed by atoms with Crippen LogP contribution in [0.5, 0.6) is 11.5 Å². The van der Waals surface area contributed by atoms with Gasteiger partial charge in [-0.2, -0.15) is 0 Å². The molecule has 0 spiro atoms. The van der Waals surface area contributed by atoms with E-state index in [2.05, 4.69) is 20.9 Å². The molecule has 1 heterocycles. The van der Waals surface area contributed by atoms with Crippen molar-refractivity contribution in [3.8, 4) is 22.8 Å². The number of thioether (sulfide) groups is 1. The number of benzene rings is 5. The molecule has 0 bridgehead atoms. The SMILES string of the molecule is COc1ccc(-c2csc(NC(=O)C(Sc3ccc(NC(=O)/C(=C/c4cccc(OC)c4)NC(=O)c4ccccc4)cc3)c3ccccc3)n2)cc1. The Bertz CT molecular complexity index is 2170. The molecule has 52 heavy (non-hydrogen) atoms. The topological polar surface area (TPSA) is 119 Å². The normalized spacial score (nSPS) is 11.6. The molecule has 11 heteroatoms. The van der Waals surface area contributed by atoms with E-state index in [1.54, 1.807) is 74.9 Å². The number of methoxy groups -OCH3 is 2. The lowest BCUT2D eigenvalue weighted by Crippen LogP contribution is -2.30. The lowest BCUT2D eigenvalue weighted by atomic mass is 10.1. The van der Waals surface area contributed by atoms with Gasteiger partial charge in [-0.05, 0) is 90.0 Å². The third kappa shape index (κ3) is 9.33. The van der Waals surface area contributed by atoms with Crippen LogP contribution in [0, 0.1) is 0 Å². The number of nitrogens with one attached hydrogen (secondary N) is 3. The summed E-state index contributed by atoms with van der Waals surface area (Å²) in [5, 5.41) is 10.4. The predicted molar refractivity (Wildman–Crippen MR) is 208 cm³/mol. The zero-order valence-corrected chi connectivity index (χ0v) is 29.9. The zero-order chi connectivity index (χ0) is 36.3. The lowest BCUT2D eigenvalue weighted by Gasteiger charge is -2.17. The minimum absolute atomic E-state index is 0.0544. The molecular formula is C41H34N4O5S2. The molecule has 260 valence electrons. The fourth-order valence-electron chi connectivity index (χ4n) is 5.09. The maximum absolute atomic E-state index is 13.7. The zero-order valence-electron chi connectivity index (χ0n) is 28.2. The number of hydrogen-bond donors (Lipinski definition) is 3. The standard InChI is InChI=1S/C41H34N4O5S2/c1-49-32-20-16-28(17-21-32)36-26-51-41(44-36)45-40(48)37(29-11-5-3-6-12-29)52-34-22-18-31(19-23-34)42-39(47)35(25-27-10-9-15-33(24-27)50-2)43-38(46)30-13-7-4-8-14-30/h3-26,37H,1-2H3,(H,42,47)(H,43,46)(H,44,45,48)/b35-25-. The second-order valence-electron chi connectivity index (χ2n) is 11.3. The summed E-state index contributed by atoms with van der Waals surface area (Å²) < 4.78 is 10.6. The highest BCUT2D eigenvalue weighted by Crippen LogP contribution is 2.37. The average Bonchev–Trinajstić information content (AvgIpc) is 3.66. The van der Waals surface area contributed by atoms with Gasteiger partial charge in [-0.15, -0.1) is 23.1 Å². The van der Waals surface area contributed by atoms with Gasteiger partial charge in [-0.25, -0.2) is 4.98 Å². The highest BCUT2D eigenvalue weighted by atomic mass is 32.2. The van der Waals surface area contributed by atoms with Crippen LogP contribution in [0.15, 0.2) is 149 Å². The van der Waals surface area contributed by atoms with Crippen LogP contribution in [0.2, 0.25) is 0 Å². The Morgan fingerprint density at radius 3 is 2.13 bits per heavy atom. The molecule has 1 aromatic heterocycles. The van der Waals surface area contributed by atoms with E-state index in [4.69, 9.17) is 9.47 Å². The summed E-state index contributed by atoms with van der Waals surface area (Å²) >= 11 is 2.73. The number of aromatic nitrogens is 1. The van der Waals surface area contributed by atoms with Crippen LogP contribution >= 0.6 is 23.1 Å². The van der Waals surface area contributed by atoms with Gasteiger partial charge in [0.1, 0.15) is 22.4 Å². The molecule has 9 nitrogen and oxygen atoms in total. The molecule has 0 radical (unpaired) electrons. The maximum atomic E-state index is 13.7. The van der Waals surface area contributed by atoms with Gasteiger partial charge < -0.3 is 25.4 Å². The van der Waals surface area contributed by atoms with Crippen molar-refractivity contribution in [2.24, 2.45) is 0 Å². The second-order valence-corrected chi connectivity index (χ2v) is 13.3. The first kappa shape index (κ1) is 35.6. The van der Waals surface area contributed by atoms with Gasteiger partial charge in [0.25, 0.3) is 11.8 Å². The summed E-state index contributed by atoms with van der Waals surface area (Å²) in [6, 6.07) is 40.1. The molecule has 6 aromatic rings. The number of anilines is 2. The number of carbonyl (C=O) groups is 3. The Hall–Kier alpha value is -6.17. The van der Waals surface area contributed by atoms with Crippen molar-refractivity contribution in [1.29, 1.82) is 0 Å². The Balaban J connectivity index is 1.17. The summed E-state index contributed by atoms with van der Waals surface area (Å²) in [6.45, 7) is 0. The number of nitrogens with zero attached hydrogens (tertiary/aromatic N) is 1. The minimum Gasteiger partial charge on any atom is -0.497 e. The Morgan fingerprint density at radius 1 is 0.750 bits per heavy atom. The Labute approximate surface area is 309 Å². The second kappa shape index (κ2) is 17.2. The molecule has 0 saturated carbocycles. The molecule has 6 rings (SSSR count). The minimum atomic E-state index is -0.583. The van der Waals surface area contributed by atoms with Crippen LogP contribution in [-0.2, 0) is 9.59 Å². The Kier molecular flexibility index (Phi) is 11.8. The number of rotatable bonds is 13. The van der Waals surface area contributed by atoms with E-state index in [-0.39, 0.29) is 11.6 Å². The van der Waals surface area contributed by atoms with E-state index in [9.17, 15) is 14.4 Å². The summed E-state index contributed by atoms with van der Waals surface area (Å²) in [6.07, 6.45) is 1.59. The highest BCUT2D eigenvalue weighted by Gasteiger charge is 2.24. The molecular weight excluding hydrogens is 693 g/mol. The fourth-order valence-corrected chi connectivity index (χ4v) is 6.84. The van der Waals surface area contributed by atoms with Crippen molar-refractivity contribution in [3.63, 3.8) is 0 Å². The van der Waals surface area contributed by atoms with Crippen LogP contribution in [0.4, 0.5) is 10.8 Å². The first-order valence-corrected chi connectivity index (χ1v) is 17.9. The monoisotopic (exact) mass is 726 g/mol. The highest BCUT2D eigenvalue weighted by molar-refractivity contribution is 8.00. The van der Waals surface area contributed by atoms with Gasteiger partial charge in [0, 0.05) is 27.1 Å². The lowest BCUT2D eigenvalue weighted by molar-refractivity contribution is -0.116. The summed E-state index contributed by atoms with van der Waals surface area (Å²) in [5.74, 6) is 0.223. The van der Waals surface area contributed by atoms with E-state index < -0.39 is 17.1 Å². The van der Waals surface area contributed by atoms with Crippen molar-refractivity contribution >= 4 is 57.7 Å². The molecule has 0 aliphatic heterocycles. The molecule has 5 aromatic carbocycles. The average molecular weight is 727 g/mol. The van der Waals surface area contributed by atoms with Crippen molar-refractivity contribution in [2.45, 2.75) is 10.1 Å². The van der Waals surface area contributed by atoms with Gasteiger partial charge in [-0.1, -0.05) is 60.7 Å². The van der Waals surface area contributed by atoms with Crippen LogP contribution in [0.1, 0.15) is 26.7 Å². The number of ether oxygens (including phenoxy) is 2. The van der Waals surface area contributed by atoms with Crippen molar-refractivity contribution in [1.82, 2.24) is 10.3 Å². The molecule has 1 unspecified atom stereocenters. The molecule has 0 fully saturated rings. The van der Waals surface area contributed by atoms with E-state index in [0.29, 0.717) is 27.7 Å². The van der Waals surface area contributed by atoms with Crippen LogP contribution in [-0.4, -0.2) is 36.9 Å². The Morgan fingerprint density at radius 2 is 1.44 bits per heavy atom. The molecule has 3 amide bonds. The largest absolute Gasteiger partial charge is 0.497 e. The van der Waals surface area contributed by atoms with Gasteiger partial charge in [0.05, 0.1) is 19.9 Å². The van der Waals surface area contributed by atoms with Crippen LogP contribution < -0.4 is 25.4 Å². The summed E-state index contributed by atoms with van der Waals surface area (Å²) in [4.78, 5) is 45.8. The van der Waals surface area contributed by atoms with Gasteiger partial charge in [0.15, 0.2) is 5.13 Å². The van der Waals surface area contributed by atoms with E-state index >= 15 is 0 Å². The van der Waals surface area contributed by atoms with Gasteiger partial charge >= 0.3 is 0 Å². The molecule has 3 N–H and O–H groups in total. The molecule has 0 aliphatic carbocycles. The number of carbonyl (C=O) groups excluding carboxylic acids is 3. The predicted octanol–water partition coefficient (Wildman–Crippen LogP) is 8.71. The summed E-state index contributed by atoms with van der Waals surface area (Å²) in [5.41, 5.74) is 4.15. The fraction of sp³-hybridized carbons (Fsp3) is 0.0732. The van der Waals surface area contributed by atoms with E-state index in [1.165, 1.54) is 23.1 Å². The number of amides is 3. The van der Waals surface area contributed by atoms with Crippen LogP contribution in [0.25, 0.3) is 17.3 Å². The molecule has 1 atom stereocenters. The number of thiazole rings is 1. The first-order valence-electron chi connectivity index (χ1n) is 16.1. The van der Waals surface area contributed by atoms with Crippen molar-refractivity contribution < 1.29 is 23.9 Å². The molecule has 0 saturated heterocycles. The van der Waals surface area contributed by atoms with Gasteiger partial charge in [0.2, 0.25) is 5.91 Å². The third-order valence-corrected chi connectivity index (χ3v) is 9.78. The molecule has 0 aliphatic rings. The van der Waals surface area contributed by atoms with Gasteiger partial charge in [-0.3, -0.25) is 14.4 Å². The maximum Gasteiger partial charge on any atom is 0.272 e. The first-order chi connectivity index (χ1) is 25.4. The van der Waals surface area contributed by atoms with Crippen LogP contribution in [0.3, 0.4) is 0 Å². The van der Waals surface area contributed by atoms with Crippen molar-refractivity contribution in [2.75, 3.05) is 24.9 Å². The van der Waals surface area contributed by atoms with Crippen molar-refractivity contribution in [3.05, 3.63) is 161 Å². The quantitative estimate of drug-likeness (QED) is 0.0805. The smallest absolute Gasteiger partial charge is 0.272 e. The number of hydrogen-bond acceptors (Lipinski definition) is 8. The van der Waals surface area contributed by atoms with E-state index in [0.717, 1.165) is 27.5 Å². The summed E-state index contributed by atoms with van der Waals surface area (Å²) in [7, 11) is 3.18.